The second-order valence-electron chi connectivity index (χ2n) is 5.11. The Morgan fingerprint density at radius 2 is 2.29 bits per heavy atom. The van der Waals surface area contributed by atoms with Gasteiger partial charge < -0.3 is 10.1 Å². The molecule has 0 unspecified atom stereocenters. The van der Waals surface area contributed by atoms with E-state index in [9.17, 15) is 0 Å². The van der Waals surface area contributed by atoms with Crippen LogP contribution in [0.2, 0.25) is 5.02 Å². The molecule has 0 radical (unpaired) electrons. The van der Waals surface area contributed by atoms with Crippen LogP contribution in [0.4, 0.5) is 0 Å². The Kier molecular flexibility index (Phi) is 4.96. The molecule has 0 amide bonds. The van der Waals surface area contributed by atoms with Crippen molar-refractivity contribution < 1.29 is 4.74 Å². The maximum Gasteiger partial charge on any atom is 0.124 e. The first-order valence-corrected chi connectivity index (χ1v) is 8.82. The minimum atomic E-state index is 0.549. The van der Waals surface area contributed by atoms with Crippen molar-refractivity contribution in [2.45, 2.75) is 32.0 Å². The molecule has 112 valence electrons. The van der Waals surface area contributed by atoms with E-state index in [4.69, 9.17) is 21.3 Å². The lowest BCUT2D eigenvalue weighted by Crippen LogP contribution is -2.15. The van der Waals surface area contributed by atoms with Crippen molar-refractivity contribution in [1.82, 2.24) is 10.3 Å². The summed E-state index contributed by atoms with van der Waals surface area (Å²) in [6.07, 6.45) is 2.57. The summed E-state index contributed by atoms with van der Waals surface area (Å²) in [6, 6.07) is 6.59. The van der Waals surface area contributed by atoms with E-state index < -0.39 is 0 Å². The van der Waals surface area contributed by atoms with Gasteiger partial charge in [0.15, 0.2) is 0 Å². The summed E-state index contributed by atoms with van der Waals surface area (Å²) in [5.41, 5.74) is 2.10. The van der Waals surface area contributed by atoms with Crippen LogP contribution in [0.3, 0.4) is 0 Å². The first kappa shape index (κ1) is 15.4. The van der Waals surface area contributed by atoms with E-state index in [1.165, 1.54) is 17.7 Å². The van der Waals surface area contributed by atoms with E-state index in [0.717, 1.165) is 27.3 Å². The van der Waals surface area contributed by atoms with E-state index in [2.05, 4.69) is 21.2 Å². The third-order valence-electron chi connectivity index (χ3n) is 3.35. The van der Waals surface area contributed by atoms with Crippen LogP contribution >= 0.6 is 38.9 Å². The van der Waals surface area contributed by atoms with Crippen molar-refractivity contribution in [1.29, 1.82) is 0 Å². The fraction of sp³-hybridized carbons (Fsp3) is 0.400. The van der Waals surface area contributed by atoms with E-state index >= 15 is 0 Å². The summed E-state index contributed by atoms with van der Waals surface area (Å²) < 4.78 is 6.16. The number of hydrogen-bond acceptors (Lipinski definition) is 4. The number of thiazole rings is 1. The summed E-state index contributed by atoms with van der Waals surface area (Å²) in [6.45, 7) is 1.42. The van der Waals surface area contributed by atoms with Crippen LogP contribution in [-0.2, 0) is 17.9 Å². The molecule has 0 aliphatic heterocycles. The molecule has 1 saturated carbocycles. The van der Waals surface area contributed by atoms with Gasteiger partial charge in [0.1, 0.15) is 5.01 Å². The molecule has 0 spiro atoms. The highest BCUT2D eigenvalue weighted by atomic mass is 79.9. The Hall–Kier alpha value is -0.460. The SMILES string of the molecule is COCc1nc(-c2ccc(Cl)c(Br)c2)sc1CNC1CC1. The highest BCUT2D eigenvalue weighted by molar-refractivity contribution is 9.10. The monoisotopic (exact) mass is 386 g/mol. The van der Waals surface area contributed by atoms with Gasteiger partial charge in [-0.25, -0.2) is 4.98 Å². The highest BCUT2D eigenvalue weighted by Gasteiger charge is 2.21. The van der Waals surface area contributed by atoms with Gasteiger partial charge in [-0.05, 0) is 40.9 Å². The highest BCUT2D eigenvalue weighted by Crippen LogP contribution is 2.33. The van der Waals surface area contributed by atoms with Crippen LogP contribution in [0.25, 0.3) is 10.6 Å². The Morgan fingerprint density at radius 1 is 1.48 bits per heavy atom. The van der Waals surface area contributed by atoms with Gasteiger partial charge in [0.05, 0.1) is 17.3 Å². The molecule has 6 heteroatoms. The lowest BCUT2D eigenvalue weighted by Gasteiger charge is -2.02. The minimum absolute atomic E-state index is 0.549. The standard InChI is InChI=1S/C15H16BrClN2OS/c1-20-8-13-14(7-18-10-3-4-10)21-15(19-13)9-2-5-12(17)11(16)6-9/h2,5-6,10,18H,3-4,7-8H2,1H3. The molecule has 1 fully saturated rings. The molecule has 1 aliphatic rings. The van der Waals surface area contributed by atoms with Gasteiger partial charge in [0.2, 0.25) is 0 Å². The number of ether oxygens (including phenoxy) is 1. The van der Waals surface area contributed by atoms with Gasteiger partial charge in [0.25, 0.3) is 0 Å². The zero-order valence-corrected chi connectivity index (χ0v) is 14.8. The number of rotatable bonds is 6. The molecule has 1 heterocycles. The Balaban J connectivity index is 1.86. The average molecular weight is 388 g/mol. The van der Waals surface area contributed by atoms with Crippen LogP contribution in [-0.4, -0.2) is 18.1 Å². The number of hydrogen-bond donors (Lipinski definition) is 1. The van der Waals surface area contributed by atoms with Gasteiger partial charge in [-0.1, -0.05) is 17.7 Å². The topological polar surface area (TPSA) is 34.1 Å². The molecular formula is C15H16BrClN2OS. The fourth-order valence-electron chi connectivity index (χ4n) is 2.05. The quantitative estimate of drug-likeness (QED) is 0.785. The second kappa shape index (κ2) is 6.75. The number of aromatic nitrogens is 1. The molecule has 0 atom stereocenters. The van der Waals surface area contributed by atoms with Crippen molar-refractivity contribution in [2.75, 3.05) is 7.11 Å². The number of nitrogens with zero attached hydrogens (tertiary/aromatic N) is 1. The van der Waals surface area contributed by atoms with Crippen molar-refractivity contribution in [3.63, 3.8) is 0 Å². The molecular weight excluding hydrogens is 372 g/mol. The smallest absolute Gasteiger partial charge is 0.124 e. The predicted octanol–water partition coefficient (Wildman–Crippen LogP) is 4.62. The summed E-state index contributed by atoms with van der Waals surface area (Å²) in [5, 5.41) is 5.26. The average Bonchev–Trinajstić information content (AvgIpc) is 3.21. The lowest BCUT2D eigenvalue weighted by atomic mass is 10.2. The Labute approximate surface area is 141 Å². The van der Waals surface area contributed by atoms with E-state index in [1.54, 1.807) is 18.4 Å². The second-order valence-corrected chi connectivity index (χ2v) is 7.45. The summed E-state index contributed by atoms with van der Waals surface area (Å²) >= 11 is 11.2. The molecule has 1 N–H and O–H groups in total. The molecule has 1 aromatic heterocycles. The number of benzene rings is 1. The first-order valence-electron chi connectivity index (χ1n) is 6.83. The summed E-state index contributed by atoms with van der Waals surface area (Å²) in [7, 11) is 1.70. The third-order valence-corrected chi connectivity index (χ3v) is 5.72. The van der Waals surface area contributed by atoms with Gasteiger partial charge in [-0.3, -0.25) is 0 Å². The van der Waals surface area contributed by atoms with Gasteiger partial charge in [0, 0.05) is 34.6 Å². The van der Waals surface area contributed by atoms with Crippen LogP contribution in [0.1, 0.15) is 23.4 Å². The third kappa shape index (κ3) is 3.85. The molecule has 3 nitrogen and oxygen atoms in total. The first-order chi connectivity index (χ1) is 10.2. The number of nitrogens with one attached hydrogen (secondary N) is 1. The normalized spacial score (nSPS) is 14.6. The van der Waals surface area contributed by atoms with Crippen LogP contribution < -0.4 is 5.32 Å². The number of halogens is 2. The van der Waals surface area contributed by atoms with E-state index in [-0.39, 0.29) is 0 Å². The van der Waals surface area contributed by atoms with Crippen molar-refractivity contribution in [3.05, 3.63) is 38.3 Å². The van der Waals surface area contributed by atoms with Gasteiger partial charge in [-0.2, -0.15) is 0 Å². The van der Waals surface area contributed by atoms with Gasteiger partial charge in [-0.15, -0.1) is 11.3 Å². The summed E-state index contributed by atoms with van der Waals surface area (Å²) in [5.74, 6) is 0. The van der Waals surface area contributed by atoms with Gasteiger partial charge >= 0.3 is 0 Å². The number of methoxy groups -OCH3 is 1. The van der Waals surface area contributed by atoms with Crippen molar-refractivity contribution in [3.8, 4) is 10.6 Å². The van der Waals surface area contributed by atoms with Crippen LogP contribution in [0, 0.1) is 0 Å². The molecule has 0 bridgehead atoms. The molecule has 0 saturated heterocycles. The fourth-order valence-corrected chi connectivity index (χ4v) is 3.56. The van der Waals surface area contributed by atoms with Crippen molar-refractivity contribution in [2.24, 2.45) is 0 Å². The summed E-state index contributed by atoms with van der Waals surface area (Å²) in [4.78, 5) is 5.98. The molecule has 3 rings (SSSR count). The predicted molar refractivity (Wildman–Crippen MR) is 90.8 cm³/mol. The largest absolute Gasteiger partial charge is 0.378 e. The molecule has 1 aromatic carbocycles. The molecule has 21 heavy (non-hydrogen) atoms. The van der Waals surface area contributed by atoms with E-state index in [0.29, 0.717) is 17.7 Å². The zero-order valence-electron chi connectivity index (χ0n) is 11.7. The lowest BCUT2D eigenvalue weighted by molar-refractivity contribution is 0.181. The van der Waals surface area contributed by atoms with Crippen LogP contribution in [0.5, 0.6) is 0 Å². The van der Waals surface area contributed by atoms with Crippen molar-refractivity contribution >= 4 is 38.9 Å². The minimum Gasteiger partial charge on any atom is -0.378 e. The van der Waals surface area contributed by atoms with Crippen LogP contribution in [0.15, 0.2) is 22.7 Å². The van der Waals surface area contributed by atoms with E-state index in [1.807, 2.05) is 18.2 Å². The molecule has 2 aromatic rings. The maximum absolute atomic E-state index is 6.05. The zero-order chi connectivity index (χ0) is 14.8. The Morgan fingerprint density at radius 3 is 2.95 bits per heavy atom. The molecule has 1 aliphatic carbocycles. The Bertz CT molecular complexity index is 643. The maximum atomic E-state index is 6.05.